The van der Waals surface area contributed by atoms with Gasteiger partial charge in [0.15, 0.2) is 21.3 Å². The third kappa shape index (κ3) is 3.93. The summed E-state index contributed by atoms with van der Waals surface area (Å²) in [6.45, 7) is 1.45. The van der Waals surface area contributed by atoms with Crippen molar-refractivity contribution in [1.29, 1.82) is 0 Å². The third-order valence-corrected chi connectivity index (χ3v) is 5.03. The summed E-state index contributed by atoms with van der Waals surface area (Å²) in [6, 6.07) is 11.5. The Morgan fingerprint density at radius 3 is 2.32 bits per heavy atom. The van der Waals surface area contributed by atoms with E-state index in [9.17, 15) is 13.2 Å². The molecule has 0 fully saturated rings. The van der Waals surface area contributed by atoms with E-state index in [2.05, 4.69) is 0 Å². The molecule has 7 heteroatoms. The number of sulfone groups is 1. The second-order valence-corrected chi connectivity index (χ2v) is 7.95. The van der Waals surface area contributed by atoms with E-state index in [1.54, 1.807) is 11.9 Å². The van der Waals surface area contributed by atoms with Gasteiger partial charge in [-0.05, 0) is 42.0 Å². The van der Waals surface area contributed by atoms with Gasteiger partial charge in [-0.2, -0.15) is 0 Å². The van der Waals surface area contributed by atoms with Gasteiger partial charge < -0.3 is 14.4 Å². The molecule has 0 aromatic heterocycles. The van der Waals surface area contributed by atoms with Crippen LogP contribution in [0, 0.1) is 0 Å². The van der Waals surface area contributed by atoms with Crippen LogP contribution in [0.4, 0.5) is 0 Å². The summed E-state index contributed by atoms with van der Waals surface area (Å²) < 4.78 is 34.0. The highest BCUT2D eigenvalue weighted by Crippen LogP contribution is 2.31. The van der Waals surface area contributed by atoms with Crippen molar-refractivity contribution in [1.82, 2.24) is 4.90 Å². The van der Waals surface area contributed by atoms with Crippen LogP contribution < -0.4 is 9.47 Å². The molecule has 0 saturated carbocycles. The molecule has 132 valence electrons. The monoisotopic (exact) mass is 361 g/mol. The number of fused-ring (bicyclic) bond motifs is 1. The number of benzene rings is 2. The van der Waals surface area contributed by atoms with E-state index >= 15 is 0 Å². The highest BCUT2D eigenvalue weighted by atomic mass is 32.2. The Balaban J connectivity index is 1.72. The van der Waals surface area contributed by atoms with Gasteiger partial charge in [0.05, 0.1) is 4.90 Å². The molecule has 2 aromatic rings. The summed E-state index contributed by atoms with van der Waals surface area (Å²) in [5.74, 6) is 1.21. The summed E-state index contributed by atoms with van der Waals surface area (Å²) >= 11 is 0. The first-order chi connectivity index (χ1) is 11.8. The number of rotatable bonds is 4. The number of amides is 1. The molecule has 0 spiro atoms. The predicted octanol–water partition coefficient (Wildman–Crippen LogP) is 2.13. The number of hydrogen-bond acceptors (Lipinski definition) is 5. The second kappa shape index (κ2) is 6.76. The fraction of sp³-hybridized carbons (Fsp3) is 0.278. The quantitative estimate of drug-likeness (QED) is 0.834. The van der Waals surface area contributed by atoms with Crippen LogP contribution in [-0.2, 0) is 16.4 Å². The highest BCUT2D eigenvalue weighted by molar-refractivity contribution is 7.90. The number of carbonyl (C=O) groups excluding carboxylic acids is 1. The molecule has 0 unspecified atom stereocenters. The highest BCUT2D eigenvalue weighted by Gasteiger charge is 2.16. The molecule has 6 nitrogen and oxygen atoms in total. The summed E-state index contributed by atoms with van der Waals surface area (Å²) in [6.07, 6.45) is 1.14. The molecule has 1 aliphatic rings. The summed E-state index contributed by atoms with van der Waals surface area (Å²) in [5, 5.41) is 0. The molecule has 2 aromatic carbocycles. The van der Waals surface area contributed by atoms with E-state index in [-0.39, 0.29) is 10.8 Å². The Labute approximate surface area is 146 Å². The normalized spacial score (nSPS) is 13.4. The van der Waals surface area contributed by atoms with E-state index in [1.165, 1.54) is 24.3 Å². The van der Waals surface area contributed by atoms with Crippen LogP contribution in [0.1, 0.15) is 15.9 Å². The maximum Gasteiger partial charge on any atom is 0.253 e. The summed E-state index contributed by atoms with van der Waals surface area (Å²) in [7, 11) is -1.58. The van der Waals surface area contributed by atoms with Crippen molar-refractivity contribution in [3.8, 4) is 11.5 Å². The second-order valence-electron chi connectivity index (χ2n) is 5.94. The topological polar surface area (TPSA) is 72.9 Å². The molecular weight excluding hydrogens is 342 g/mol. The van der Waals surface area contributed by atoms with Gasteiger partial charge in [0.2, 0.25) is 0 Å². The fourth-order valence-corrected chi connectivity index (χ4v) is 3.23. The van der Waals surface area contributed by atoms with Crippen molar-refractivity contribution in [2.24, 2.45) is 0 Å². The molecule has 1 aliphatic heterocycles. The van der Waals surface area contributed by atoms with Gasteiger partial charge in [-0.15, -0.1) is 0 Å². The van der Waals surface area contributed by atoms with Gasteiger partial charge in [-0.25, -0.2) is 8.42 Å². The van der Waals surface area contributed by atoms with Crippen molar-refractivity contribution in [2.45, 2.75) is 11.4 Å². The van der Waals surface area contributed by atoms with Crippen molar-refractivity contribution < 1.29 is 22.7 Å². The SMILES string of the molecule is CN(Cc1ccc2c(c1)OCCO2)C(=O)c1ccc(S(C)(=O)=O)cc1. The van der Waals surface area contributed by atoms with Crippen LogP contribution in [-0.4, -0.2) is 45.7 Å². The predicted molar refractivity (Wildman–Crippen MR) is 92.8 cm³/mol. The summed E-state index contributed by atoms with van der Waals surface area (Å²) in [4.78, 5) is 14.3. The lowest BCUT2D eigenvalue weighted by atomic mass is 10.1. The lowest BCUT2D eigenvalue weighted by Gasteiger charge is -2.21. The van der Waals surface area contributed by atoms with E-state index in [1.807, 2.05) is 18.2 Å². The lowest BCUT2D eigenvalue weighted by molar-refractivity contribution is 0.0784. The zero-order valence-corrected chi connectivity index (χ0v) is 14.9. The molecule has 1 heterocycles. The van der Waals surface area contributed by atoms with Gasteiger partial charge in [-0.1, -0.05) is 6.07 Å². The molecule has 0 saturated heterocycles. The standard InChI is InChI=1S/C18H19NO5S/c1-19(12-13-3-8-16-17(11-13)24-10-9-23-16)18(20)14-4-6-15(7-5-14)25(2,21)22/h3-8,11H,9-10,12H2,1-2H3. The van der Waals surface area contributed by atoms with E-state index in [4.69, 9.17) is 9.47 Å². The Kier molecular flexibility index (Phi) is 4.67. The number of hydrogen-bond donors (Lipinski definition) is 0. The van der Waals surface area contributed by atoms with Crippen LogP contribution in [0.15, 0.2) is 47.4 Å². The van der Waals surface area contributed by atoms with Crippen molar-refractivity contribution in [3.63, 3.8) is 0 Å². The summed E-state index contributed by atoms with van der Waals surface area (Å²) in [5.41, 5.74) is 1.36. The van der Waals surface area contributed by atoms with E-state index in [0.29, 0.717) is 36.8 Å². The third-order valence-electron chi connectivity index (χ3n) is 3.90. The Hall–Kier alpha value is -2.54. The van der Waals surface area contributed by atoms with Gasteiger partial charge >= 0.3 is 0 Å². The van der Waals surface area contributed by atoms with Gasteiger partial charge in [-0.3, -0.25) is 4.79 Å². The molecule has 25 heavy (non-hydrogen) atoms. The fourth-order valence-electron chi connectivity index (χ4n) is 2.60. The van der Waals surface area contributed by atoms with Crippen LogP contribution >= 0.6 is 0 Å². The average molecular weight is 361 g/mol. The Morgan fingerprint density at radius 2 is 1.68 bits per heavy atom. The van der Waals surface area contributed by atoms with Crippen LogP contribution in [0.25, 0.3) is 0 Å². The van der Waals surface area contributed by atoms with Crippen molar-refractivity contribution in [2.75, 3.05) is 26.5 Å². The van der Waals surface area contributed by atoms with Gasteiger partial charge in [0.25, 0.3) is 5.91 Å². The maximum atomic E-state index is 12.5. The Morgan fingerprint density at radius 1 is 1.04 bits per heavy atom. The number of nitrogens with zero attached hydrogens (tertiary/aromatic N) is 1. The van der Waals surface area contributed by atoms with Crippen molar-refractivity contribution >= 4 is 15.7 Å². The first-order valence-electron chi connectivity index (χ1n) is 7.79. The van der Waals surface area contributed by atoms with Gasteiger partial charge in [0, 0.05) is 25.4 Å². The van der Waals surface area contributed by atoms with E-state index in [0.717, 1.165) is 11.8 Å². The first kappa shape index (κ1) is 17.3. The average Bonchev–Trinajstić information content (AvgIpc) is 2.60. The minimum absolute atomic E-state index is 0.185. The largest absolute Gasteiger partial charge is 0.486 e. The van der Waals surface area contributed by atoms with Crippen LogP contribution in [0.3, 0.4) is 0 Å². The zero-order valence-electron chi connectivity index (χ0n) is 14.1. The molecule has 1 amide bonds. The van der Waals surface area contributed by atoms with Crippen LogP contribution in [0.2, 0.25) is 0 Å². The molecule has 0 N–H and O–H groups in total. The number of ether oxygens (including phenoxy) is 2. The molecule has 0 radical (unpaired) electrons. The molecule has 0 aliphatic carbocycles. The minimum atomic E-state index is -3.27. The molecular formula is C18H19NO5S. The zero-order chi connectivity index (χ0) is 18.0. The maximum absolute atomic E-state index is 12.5. The number of carbonyl (C=O) groups is 1. The smallest absolute Gasteiger partial charge is 0.253 e. The minimum Gasteiger partial charge on any atom is -0.486 e. The van der Waals surface area contributed by atoms with Crippen LogP contribution in [0.5, 0.6) is 11.5 Å². The molecule has 0 bridgehead atoms. The molecule has 0 atom stereocenters. The van der Waals surface area contributed by atoms with Crippen molar-refractivity contribution in [3.05, 3.63) is 53.6 Å². The lowest BCUT2D eigenvalue weighted by Crippen LogP contribution is -2.26. The Bertz CT molecular complexity index is 890. The molecule has 3 rings (SSSR count). The van der Waals surface area contributed by atoms with Gasteiger partial charge in [0.1, 0.15) is 13.2 Å². The first-order valence-corrected chi connectivity index (χ1v) is 9.68. The van der Waals surface area contributed by atoms with E-state index < -0.39 is 9.84 Å².